The zero-order chi connectivity index (χ0) is 12.1. The summed E-state index contributed by atoms with van der Waals surface area (Å²) in [5.74, 6) is 0. The number of para-hydroxylation sites is 1. The lowest BCUT2D eigenvalue weighted by Crippen LogP contribution is -1.88. The van der Waals surface area contributed by atoms with Gasteiger partial charge in [-0.3, -0.25) is 0 Å². The Kier molecular flexibility index (Phi) is 3.73. The molecule has 17 heavy (non-hydrogen) atoms. The van der Waals surface area contributed by atoms with Crippen LogP contribution in [-0.4, -0.2) is 4.98 Å². The standard InChI is InChI=1S/C14H14N2S/c1-3-8-12-13(4-2)17-14(16-12)15-11-9-6-5-7-10-11/h3-10H,2H2,1H3,(H,15,16)/b8-3-. The van der Waals surface area contributed by atoms with Gasteiger partial charge in [0, 0.05) is 5.69 Å². The molecule has 0 radical (unpaired) electrons. The van der Waals surface area contributed by atoms with Crippen LogP contribution < -0.4 is 5.32 Å². The van der Waals surface area contributed by atoms with Crippen LogP contribution in [0.4, 0.5) is 10.8 Å². The van der Waals surface area contributed by atoms with Crippen molar-refractivity contribution in [3.8, 4) is 0 Å². The van der Waals surface area contributed by atoms with Crippen molar-refractivity contribution < 1.29 is 0 Å². The van der Waals surface area contributed by atoms with Gasteiger partial charge in [-0.05, 0) is 31.2 Å². The van der Waals surface area contributed by atoms with Crippen molar-refractivity contribution >= 4 is 34.3 Å². The summed E-state index contributed by atoms with van der Waals surface area (Å²) in [7, 11) is 0. The molecule has 2 nitrogen and oxygen atoms in total. The number of allylic oxidation sites excluding steroid dienone is 1. The quantitative estimate of drug-likeness (QED) is 0.850. The van der Waals surface area contributed by atoms with Crippen LogP contribution in [0.1, 0.15) is 17.5 Å². The summed E-state index contributed by atoms with van der Waals surface area (Å²) in [5, 5.41) is 4.17. The Hall–Kier alpha value is -1.87. The molecule has 1 heterocycles. The van der Waals surface area contributed by atoms with Gasteiger partial charge < -0.3 is 5.32 Å². The molecule has 0 unspecified atom stereocenters. The highest BCUT2D eigenvalue weighted by Gasteiger charge is 2.05. The van der Waals surface area contributed by atoms with E-state index >= 15 is 0 Å². The zero-order valence-electron chi connectivity index (χ0n) is 9.68. The van der Waals surface area contributed by atoms with E-state index in [2.05, 4.69) is 16.9 Å². The third-order valence-electron chi connectivity index (χ3n) is 2.22. The topological polar surface area (TPSA) is 24.9 Å². The third kappa shape index (κ3) is 2.82. The van der Waals surface area contributed by atoms with Gasteiger partial charge in [-0.2, -0.15) is 0 Å². The summed E-state index contributed by atoms with van der Waals surface area (Å²) < 4.78 is 0. The van der Waals surface area contributed by atoms with E-state index in [9.17, 15) is 0 Å². The first-order valence-corrected chi connectivity index (χ1v) is 6.23. The number of anilines is 2. The van der Waals surface area contributed by atoms with Gasteiger partial charge in [0.25, 0.3) is 0 Å². The van der Waals surface area contributed by atoms with Crippen LogP contribution in [-0.2, 0) is 0 Å². The summed E-state index contributed by atoms with van der Waals surface area (Å²) in [6.07, 6.45) is 5.81. The smallest absolute Gasteiger partial charge is 0.188 e. The Balaban J connectivity index is 2.25. The Morgan fingerprint density at radius 1 is 1.29 bits per heavy atom. The second kappa shape index (κ2) is 5.46. The van der Waals surface area contributed by atoms with Gasteiger partial charge in [0.2, 0.25) is 0 Å². The molecule has 0 atom stereocenters. The normalized spacial score (nSPS) is 10.6. The van der Waals surface area contributed by atoms with Crippen LogP contribution in [0, 0.1) is 0 Å². The van der Waals surface area contributed by atoms with Crippen LogP contribution in [0.15, 0.2) is 43.0 Å². The van der Waals surface area contributed by atoms with Crippen LogP contribution in [0.25, 0.3) is 12.2 Å². The molecule has 0 aliphatic rings. The first-order valence-electron chi connectivity index (χ1n) is 5.41. The summed E-state index contributed by atoms with van der Waals surface area (Å²) in [6.45, 7) is 5.79. The molecular formula is C14H14N2S. The van der Waals surface area contributed by atoms with Crippen molar-refractivity contribution in [1.29, 1.82) is 0 Å². The molecule has 0 fully saturated rings. The second-order valence-electron chi connectivity index (χ2n) is 3.46. The lowest BCUT2D eigenvalue weighted by atomic mass is 10.3. The first kappa shape index (κ1) is 11.6. The number of rotatable bonds is 4. The summed E-state index contributed by atoms with van der Waals surface area (Å²) in [4.78, 5) is 5.60. The maximum absolute atomic E-state index is 4.52. The van der Waals surface area contributed by atoms with E-state index in [1.807, 2.05) is 55.5 Å². The molecule has 3 heteroatoms. The number of hydrogen-bond donors (Lipinski definition) is 1. The molecule has 0 amide bonds. The Morgan fingerprint density at radius 2 is 2.06 bits per heavy atom. The Labute approximate surface area is 105 Å². The number of nitrogens with one attached hydrogen (secondary N) is 1. The Morgan fingerprint density at radius 3 is 2.71 bits per heavy atom. The van der Waals surface area contributed by atoms with Gasteiger partial charge in [-0.15, -0.1) is 0 Å². The molecular weight excluding hydrogens is 228 g/mol. The number of hydrogen-bond acceptors (Lipinski definition) is 3. The van der Waals surface area contributed by atoms with Crippen molar-refractivity contribution in [2.24, 2.45) is 0 Å². The largest absolute Gasteiger partial charge is 0.332 e. The van der Waals surface area contributed by atoms with Gasteiger partial charge in [0.05, 0.1) is 10.6 Å². The maximum atomic E-state index is 4.52. The van der Waals surface area contributed by atoms with Gasteiger partial charge in [-0.1, -0.05) is 42.2 Å². The zero-order valence-corrected chi connectivity index (χ0v) is 10.5. The van der Waals surface area contributed by atoms with Crippen molar-refractivity contribution in [2.75, 3.05) is 5.32 Å². The molecule has 0 saturated carbocycles. The molecule has 0 aliphatic carbocycles. The molecule has 2 aromatic rings. The van der Waals surface area contributed by atoms with E-state index in [-0.39, 0.29) is 0 Å². The highest BCUT2D eigenvalue weighted by Crippen LogP contribution is 2.27. The third-order valence-corrected chi connectivity index (χ3v) is 3.20. The number of thiazole rings is 1. The van der Waals surface area contributed by atoms with E-state index in [0.717, 1.165) is 21.4 Å². The fourth-order valence-electron chi connectivity index (χ4n) is 1.47. The molecule has 0 saturated heterocycles. The number of nitrogens with zero attached hydrogens (tertiary/aromatic N) is 1. The van der Waals surface area contributed by atoms with Gasteiger partial charge in [0.15, 0.2) is 5.13 Å². The van der Waals surface area contributed by atoms with Crippen molar-refractivity contribution in [3.05, 3.63) is 53.6 Å². The van der Waals surface area contributed by atoms with Gasteiger partial charge in [-0.25, -0.2) is 4.98 Å². The van der Waals surface area contributed by atoms with E-state index in [0.29, 0.717) is 0 Å². The van der Waals surface area contributed by atoms with Crippen LogP contribution in [0.2, 0.25) is 0 Å². The van der Waals surface area contributed by atoms with Gasteiger partial charge >= 0.3 is 0 Å². The molecule has 1 aromatic heterocycles. The molecule has 86 valence electrons. The SMILES string of the molecule is C=Cc1sc(Nc2ccccc2)nc1/C=C\C. The highest BCUT2D eigenvalue weighted by molar-refractivity contribution is 7.16. The van der Waals surface area contributed by atoms with Crippen LogP contribution >= 0.6 is 11.3 Å². The molecule has 1 N–H and O–H groups in total. The molecule has 2 rings (SSSR count). The van der Waals surface area contributed by atoms with Gasteiger partial charge in [0.1, 0.15) is 0 Å². The maximum Gasteiger partial charge on any atom is 0.188 e. The average molecular weight is 242 g/mol. The van der Waals surface area contributed by atoms with E-state index in [4.69, 9.17) is 0 Å². The minimum atomic E-state index is 0.888. The fraction of sp³-hybridized carbons (Fsp3) is 0.0714. The monoisotopic (exact) mass is 242 g/mol. The van der Waals surface area contributed by atoms with E-state index in [1.54, 1.807) is 11.3 Å². The highest BCUT2D eigenvalue weighted by atomic mass is 32.1. The summed E-state index contributed by atoms with van der Waals surface area (Å²) >= 11 is 1.60. The van der Waals surface area contributed by atoms with Crippen LogP contribution in [0.3, 0.4) is 0 Å². The summed E-state index contributed by atoms with van der Waals surface area (Å²) in [5.41, 5.74) is 2.01. The lowest BCUT2D eigenvalue weighted by molar-refractivity contribution is 1.35. The molecule has 1 aromatic carbocycles. The average Bonchev–Trinajstić information content (AvgIpc) is 2.73. The molecule has 0 aliphatic heterocycles. The van der Waals surface area contributed by atoms with Crippen molar-refractivity contribution in [2.45, 2.75) is 6.92 Å². The number of benzene rings is 1. The van der Waals surface area contributed by atoms with E-state index < -0.39 is 0 Å². The minimum absolute atomic E-state index is 0.888. The second-order valence-corrected chi connectivity index (χ2v) is 4.49. The van der Waals surface area contributed by atoms with Crippen molar-refractivity contribution in [1.82, 2.24) is 4.98 Å². The predicted octanol–water partition coefficient (Wildman–Crippen LogP) is 4.56. The minimum Gasteiger partial charge on any atom is -0.332 e. The number of aromatic nitrogens is 1. The lowest BCUT2D eigenvalue weighted by Gasteiger charge is -2.00. The Bertz CT molecular complexity index is 526. The molecule has 0 spiro atoms. The predicted molar refractivity (Wildman–Crippen MR) is 76.6 cm³/mol. The fourth-order valence-corrected chi connectivity index (χ4v) is 2.29. The summed E-state index contributed by atoms with van der Waals surface area (Å²) in [6, 6.07) is 10.0. The van der Waals surface area contributed by atoms with Crippen molar-refractivity contribution in [3.63, 3.8) is 0 Å². The van der Waals surface area contributed by atoms with E-state index in [1.165, 1.54) is 0 Å². The first-order chi connectivity index (χ1) is 8.33. The van der Waals surface area contributed by atoms with Crippen LogP contribution in [0.5, 0.6) is 0 Å². The molecule has 0 bridgehead atoms.